The van der Waals surface area contributed by atoms with E-state index < -0.39 is 0 Å². The molecule has 5 heteroatoms. The molecule has 1 heterocycles. The van der Waals surface area contributed by atoms with Gasteiger partial charge in [0.25, 0.3) is 0 Å². The molecule has 26 heavy (non-hydrogen) atoms. The SMILES string of the molecule is Cc1ccc(SCC(=O)Nc2c(C)nn(-c3ccccc3)c2C)cc1C. The third-order valence-corrected chi connectivity index (χ3v) is 5.40. The molecule has 2 aromatic carbocycles. The topological polar surface area (TPSA) is 46.9 Å². The minimum absolute atomic E-state index is 0.0213. The van der Waals surface area contributed by atoms with Gasteiger partial charge in [0.05, 0.1) is 28.5 Å². The number of thioether (sulfide) groups is 1. The lowest BCUT2D eigenvalue weighted by Gasteiger charge is -2.08. The fourth-order valence-electron chi connectivity index (χ4n) is 2.77. The Kier molecular flexibility index (Phi) is 5.47. The summed E-state index contributed by atoms with van der Waals surface area (Å²) < 4.78 is 1.86. The Labute approximate surface area is 158 Å². The molecule has 0 aliphatic rings. The summed E-state index contributed by atoms with van der Waals surface area (Å²) in [7, 11) is 0. The van der Waals surface area contributed by atoms with Gasteiger partial charge in [-0.3, -0.25) is 4.79 Å². The van der Waals surface area contributed by atoms with Crippen LogP contribution in [0.15, 0.2) is 53.4 Å². The molecule has 1 aromatic heterocycles. The highest BCUT2D eigenvalue weighted by Crippen LogP contribution is 2.24. The minimum atomic E-state index is -0.0213. The number of anilines is 1. The summed E-state index contributed by atoms with van der Waals surface area (Å²) in [5.41, 5.74) is 6.02. The first-order valence-corrected chi connectivity index (χ1v) is 9.56. The Bertz CT molecular complexity index is 932. The molecular formula is C21H23N3OS. The number of para-hydroxylation sites is 1. The van der Waals surface area contributed by atoms with Crippen molar-refractivity contribution in [3.05, 3.63) is 71.0 Å². The van der Waals surface area contributed by atoms with Gasteiger partial charge < -0.3 is 5.32 Å². The standard InChI is InChI=1S/C21H23N3OS/c1-14-10-11-19(12-15(14)2)26-13-20(25)22-21-16(3)23-24(17(21)4)18-8-6-5-7-9-18/h5-12H,13H2,1-4H3,(H,22,25). The summed E-state index contributed by atoms with van der Waals surface area (Å²) >= 11 is 1.55. The van der Waals surface area contributed by atoms with Crippen molar-refractivity contribution in [2.45, 2.75) is 32.6 Å². The second-order valence-electron chi connectivity index (χ2n) is 6.38. The fourth-order valence-corrected chi connectivity index (χ4v) is 3.57. The van der Waals surface area contributed by atoms with Crippen molar-refractivity contribution in [3.8, 4) is 5.69 Å². The summed E-state index contributed by atoms with van der Waals surface area (Å²) in [4.78, 5) is 13.5. The monoisotopic (exact) mass is 365 g/mol. The first kappa shape index (κ1) is 18.3. The lowest BCUT2D eigenvalue weighted by molar-refractivity contribution is -0.113. The van der Waals surface area contributed by atoms with Crippen molar-refractivity contribution in [3.63, 3.8) is 0 Å². The van der Waals surface area contributed by atoms with Crippen LogP contribution < -0.4 is 5.32 Å². The van der Waals surface area contributed by atoms with Gasteiger partial charge in [-0.05, 0) is 63.1 Å². The van der Waals surface area contributed by atoms with Crippen LogP contribution >= 0.6 is 11.8 Å². The molecule has 0 saturated heterocycles. The molecule has 0 spiro atoms. The van der Waals surface area contributed by atoms with E-state index in [9.17, 15) is 4.79 Å². The zero-order chi connectivity index (χ0) is 18.7. The van der Waals surface area contributed by atoms with Crippen LogP contribution in [0.3, 0.4) is 0 Å². The van der Waals surface area contributed by atoms with E-state index in [4.69, 9.17) is 0 Å². The quantitative estimate of drug-likeness (QED) is 0.658. The normalized spacial score (nSPS) is 10.8. The molecule has 4 nitrogen and oxygen atoms in total. The first-order chi connectivity index (χ1) is 12.5. The van der Waals surface area contributed by atoms with E-state index in [1.54, 1.807) is 11.8 Å². The van der Waals surface area contributed by atoms with Crippen molar-refractivity contribution in [1.29, 1.82) is 0 Å². The summed E-state index contributed by atoms with van der Waals surface area (Å²) in [6.45, 7) is 8.06. The number of rotatable bonds is 5. The molecular weight excluding hydrogens is 342 g/mol. The molecule has 0 aliphatic heterocycles. The lowest BCUT2D eigenvalue weighted by atomic mass is 10.1. The summed E-state index contributed by atoms with van der Waals surface area (Å²) in [5.74, 6) is 0.352. The third-order valence-electron chi connectivity index (χ3n) is 4.40. The molecule has 0 unspecified atom stereocenters. The number of carbonyl (C=O) groups is 1. The van der Waals surface area contributed by atoms with Crippen LogP contribution in [0.1, 0.15) is 22.5 Å². The zero-order valence-corrected chi connectivity index (χ0v) is 16.4. The van der Waals surface area contributed by atoms with Gasteiger partial charge in [-0.25, -0.2) is 4.68 Å². The molecule has 0 radical (unpaired) electrons. The maximum Gasteiger partial charge on any atom is 0.234 e. The molecule has 1 amide bonds. The highest BCUT2D eigenvalue weighted by molar-refractivity contribution is 8.00. The van der Waals surface area contributed by atoms with E-state index in [0.717, 1.165) is 27.7 Å². The molecule has 1 N–H and O–H groups in total. The van der Waals surface area contributed by atoms with E-state index in [1.807, 2.05) is 48.9 Å². The predicted molar refractivity (Wildman–Crippen MR) is 108 cm³/mol. The second-order valence-corrected chi connectivity index (χ2v) is 7.42. The Balaban J connectivity index is 1.69. The van der Waals surface area contributed by atoms with Crippen molar-refractivity contribution in [2.24, 2.45) is 0 Å². The molecule has 0 atom stereocenters. The molecule has 3 aromatic rings. The number of benzene rings is 2. The average molecular weight is 366 g/mol. The van der Waals surface area contributed by atoms with Crippen LogP contribution in [-0.4, -0.2) is 21.4 Å². The van der Waals surface area contributed by atoms with Gasteiger partial charge in [0.2, 0.25) is 5.91 Å². The Morgan fingerprint density at radius 1 is 1.04 bits per heavy atom. The molecule has 3 rings (SSSR count). The molecule has 0 bridgehead atoms. The number of nitrogens with one attached hydrogen (secondary N) is 1. The maximum atomic E-state index is 12.4. The van der Waals surface area contributed by atoms with Gasteiger partial charge in [-0.2, -0.15) is 5.10 Å². The fraction of sp³-hybridized carbons (Fsp3) is 0.238. The van der Waals surface area contributed by atoms with Gasteiger partial charge in [0.1, 0.15) is 0 Å². The van der Waals surface area contributed by atoms with E-state index >= 15 is 0 Å². The van der Waals surface area contributed by atoms with Gasteiger partial charge in [-0.15, -0.1) is 11.8 Å². The number of carbonyl (C=O) groups excluding carboxylic acids is 1. The van der Waals surface area contributed by atoms with Crippen molar-refractivity contribution >= 4 is 23.4 Å². The molecule has 0 fully saturated rings. The van der Waals surface area contributed by atoms with Crippen LogP contribution in [-0.2, 0) is 4.79 Å². The van der Waals surface area contributed by atoms with Gasteiger partial charge in [-0.1, -0.05) is 24.3 Å². The highest BCUT2D eigenvalue weighted by Gasteiger charge is 2.15. The lowest BCUT2D eigenvalue weighted by Crippen LogP contribution is -2.15. The third kappa shape index (κ3) is 3.99. The van der Waals surface area contributed by atoms with Gasteiger partial charge >= 0.3 is 0 Å². The van der Waals surface area contributed by atoms with E-state index in [1.165, 1.54) is 11.1 Å². The van der Waals surface area contributed by atoms with Crippen molar-refractivity contribution < 1.29 is 4.79 Å². The van der Waals surface area contributed by atoms with Crippen molar-refractivity contribution in [1.82, 2.24) is 9.78 Å². The minimum Gasteiger partial charge on any atom is -0.322 e. The number of nitrogens with zero attached hydrogens (tertiary/aromatic N) is 2. The number of hydrogen-bond donors (Lipinski definition) is 1. The Hall–Kier alpha value is -2.53. The van der Waals surface area contributed by atoms with Crippen LogP contribution in [0.25, 0.3) is 5.69 Å². The Morgan fingerprint density at radius 2 is 1.77 bits per heavy atom. The van der Waals surface area contributed by atoms with E-state index in [-0.39, 0.29) is 5.91 Å². The molecule has 0 saturated carbocycles. The first-order valence-electron chi connectivity index (χ1n) is 8.57. The maximum absolute atomic E-state index is 12.4. The summed E-state index contributed by atoms with van der Waals surface area (Å²) in [6.07, 6.45) is 0. The van der Waals surface area contributed by atoms with Crippen molar-refractivity contribution in [2.75, 3.05) is 11.1 Å². The number of amides is 1. The Morgan fingerprint density at radius 3 is 2.46 bits per heavy atom. The van der Waals surface area contributed by atoms with Gasteiger partial charge in [0.15, 0.2) is 0 Å². The van der Waals surface area contributed by atoms with Crippen LogP contribution in [0.4, 0.5) is 5.69 Å². The average Bonchev–Trinajstić information content (AvgIpc) is 2.91. The van der Waals surface area contributed by atoms with Crippen LogP contribution in [0.2, 0.25) is 0 Å². The highest BCUT2D eigenvalue weighted by atomic mass is 32.2. The zero-order valence-electron chi connectivity index (χ0n) is 15.5. The number of hydrogen-bond acceptors (Lipinski definition) is 3. The summed E-state index contributed by atoms with van der Waals surface area (Å²) in [5, 5.41) is 7.59. The van der Waals surface area contributed by atoms with E-state index in [0.29, 0.717) is 5.75 Å². The number of aromatic nitrogens is 2. The van der Waals surface area contributed by atoms with Crippen LogP contribution in [0, 0.1) is 27.7 Å². The van der Waals surface area contributed by atoms with Crippen LogP contribution in [0.5, 0.6) is 0 Å². The number of aryl methyl sites for hydroxylation is 3. The largest absolute Gasteiger partial charge is 0.322 e. The second kappa shape index (κ2) is 7.79. The molecule has 0 aliphatic carbocycles. The predicted octanol–water partition coefficient (Wildman–Crippen LogP) is 4.84. The van der Waals surface area contributed by atoms with Gasteiger partial charge in [0, 0.05) is 4.90 Å². The summed E-state index contributed by atoms with van der Waals surface area (Å²) in [6, 6.07) is 16.2. The van der Waals surface area contributed by atoms with E-state index in [2.05, 4.69) is 42.5 Å². The molecule has 134 valence electrons. The smallest absolute Gasteiger partial charge is 0.234 e.